The zero-order valence-corrected chi connectivity index (χ0v) is 13.5. The molecule has 132 valence electrons. The molecule has 0 radical (unpaired) electrons. The van der Waals surface area contributed by atoms with Gasteiger partial charge in [0.25, 0.3) is 5.69 Å². The first-order chi connectivity index (χ1) is 12.0. The van der Waals surface area contributed by atoms with Crippen molar-refractivity contribution in [3.8, 4) is 0 Å². The van der Waals surface area contributed by atoms with Gasteiger partial charge in [-0.3, -0.25) is 14.9 Å². The number of nitro groups is 1. The summed E-state index contributed by atoms with van der Waals surface area (Å²) in [6.45, 7) is 0.168. The number of aliphatic carboxylic acids is 1. The molecule has 1 unspecified atom stereocenters. The van der Waals surface area contributed by atoms with E-state index in [4.69, 9.17) is 5.11 Å². The number of nitrogens with one attached hydrogen (secondary N) is 1. The number of halogens is 1. The second-order valence-corrected chi connectivity index (χ2v) is 5.73. The smallest absolute Gasteiger partial charge is 0.303 e. The van der Waals surface area contributed by atoms with Crippen LogP contribution in [0.15, 0.2) is 48.5 Å². The Kier molecular flexibility index (Phi) is 6.59. The highest BCUT2D eigenvalue weighted by atomic mass is 19.1. The Balaban J connectivity index is 2.03. The Hall–Kier alpha value is -2.80. The number of hydrogen-bond donors (Lipinski definition) is 2. The molecule has 2 aromatic rings. The van der Waals surface area contributed by atoms with E-state index in [1.807, 2.05) is 30.3 Å². The van der Waals surface area contributed by atoms with Gasteiger partial charge >= 0.3 is 5.97 Å². The van der Waals surface area contributed by atoms with Gasteiger partial charge in [-0.25, -0.2) is 4.39 Å². The molecule has 2 rings (SSSR count). The van der Waals surface area contributed by atoms with Gasteiger partial charge in [0.2, 0.25) is 0 Å². The van der Waals surface area contributed by atoms with Gasteiger partial charge in [0.1, 0.15) is 5.82 Å². The summed E-state index contributed by atoms with van der Waals surface area (Å²) in [5, 5.41) is 22.7. The van der Waals surface area contributed by atoms with Crippen LogP contribution < -0.4 is 5.32 Å². The predicted molar refractivity (Wildman–Crippen MR) is 90.7 cm³/mol. The van der Waals surface area contributed by atoms with Crippen molar-refractivity contribution < 1.29 is 19.2 Å². The van der Waals surface area contributed by atoms with Crippen LogP contribution in [0.2, 0.25) is 0 Å². The fraction of sp³-hybridized carbons (Fsp3) is 0.278. The van der Waals surface area contributed by atoms with Crippen molar-refractivity contribution in [2.24, 2.45) is 0 Å². The van der Waals surface area contributed by atoms with E-state index in [0.717, 1.165) is 11.6 Å². The molecule has 0 bridgehead atoms. The number of hydrogen-bond acceptors (Lipinski definition) is 4. The van der Waals surface area contributed by atoms with Crippen molar-refractivity contribution in [2.75, 3.05) is 0 Å². The quantitative estimate of drug-likeness (QED) is 0.537. The number of nitrogens with zero attached hydrogens (tertiary/aromatic N) is 1. The predicted octanol–water partition coefficient (Wildman–Crippen LogP) is 3.30. The summed E-state index contributed by atoms with van der Waals surface area (Å²) in [5.74, 6) is -1.54. The minimum absolute atomic E-state index is 0.00719. The van der Waals surface area contributed by atoms with Gasteiger partial charge in [0, 0.05) is 30.6 Å². The lowest BCUT2D eigenvalue weighted by Crippen LogP contribution is -2.31. The van der Waals surface area contributed by atoms with Crippen molar-refractivity contribution in [1.29, 1.82) is 0 Å². The van der Waals surface area contributed by atoms with Crippen molar-refractivity contribution >= 4 is 11.7 Å². The van der Waals surface area contributed by atoms with Crippen LogP contribution in [0, 0.1) is 15.9 Å². The third kappa shape index (κ3) is 5.96. The summed E-state index contributed by atoms with van der Waals surface area (Å²) in [4.78, 5) is 20.8. The minimum atomic E-state index is -0.888. The van der Waals surface area contributed by atoms with Gasteiger partial charge in [-0.05, 0) is 24.5 Å². The maximum atomic E-state index is 14.0. The molecule has 25 heavy (non-hydrogen) atoms. The molecule has 0 aliphatic carbocycles. The molecule has 0 fully saturated rings. The Bertz CT molecular complexity index is 737. The molecule has 0 aliphatic rings. The number of carboxylic acids is 1. The first-order valence-corrected chi connectivity index (χ1v) is 7.87. The maximum absolute atomic E-state index is 14.0. The van der Waals surface area contributed by atoms with Gasteiger partial charge in [-0.15, -0.1) is 0 Å². The molecule has 2 aromatic carbocycles. The second kappa shape index (κ2) is 8.89. The minimum Gasteiger partial charge on any atom is -0.481 e. The zero-order chi connectivity index (χ0) is 18.2. The van der Waals surface area contributed by atoms with Crippen LogP contribution >= 0.6 is 0 Å². The van der Waals surface area contributed by atoms with Crippen molar-refractivity contribution in [2.45, 2.75) is 31.8 Å². The lowest BCUT2D eigenvalue weighted by molar-refractivity contribution is -0.385. The Morgan fingerprint density at radius 2 is 1.96 bits per heavy atom. The second-order valence-electron chi connectivity index (χ2n) is 5.73. The molecule has 1 atom stereocenters. The van der Waals surface area contributed by atoms with Gasteiger partial charge in [0.15, 0.2) is 0 Å². The molecule has 0 aliphatic heterocycles. The number of nitro benzene ring substituents is 1. The van der Waals surface area contributed by atoms with Crippen molar-refractivity contribution in [3.05, 3.63) is 75.6 Å². The zero-order valence-electron chi connectivity index (χ0n) is 13.5. The molecule has 6 nitrogen and oxygen atoms in total. The van der Waals surface area contributed by atoms with Crippen LogP contribution in [0.4, 0.5) is 10.1 Å². The van der Waals surface area contributed by atoms with Crippen molar-refractivity contribution in [3.63, 3.8) is 0 Å². The normalized spacial score (nSPS) is 11.9. The Morgan fingerprint density at radius 1 is 1.24 bits per heavy atom. The summed E-state index contributed by atoms with van der Waals surface area (Å²) in [6.07, 6.45) is 1.02. The highest BCUT2D eigenvalue weighted by Crippen LogP contribution is 2.17. The summed E-state index contributed by atoms with van der Waals surface area (Å²) in [5.41, 5.74) is 1.06. The molecular weight excluding hydrogens is 327 g/mol. The summed E-state index contributed by atoms with van der Waals surface area (Å²) >= 11 is 0. The molecule has 0 saturated carbocycles. The molecule has 0 heterocycles. The van der Waals surface area contributed by atoms with Gasteiger partial charge in [-0.2, -0.15) is 0 Å². The van der Waals surface area contributed by atoms with E-state index in [9.17, 15) is 19.3 Å². The van der Waals surface area contributed by atoms with E-state index in [1.165, 1.54) is 12.1 Å². The number of rotatable bonds is 9. The van der Waals surface area contributed by atoms with E-state index in [0.29, 0.717) is 18.4 Å². The standard InChI is InChI=1S/C18H19FN2O4/c19-17-11-16(21(24)25)8-6-14(17)12-20-15(7-9-18(22)23)10-13-4-2-1-3-5-13/h1-6,8,11,15,20H,7,9-10,12H2,(H,22,23). The lowest BCUT2D eigenvalue weighted by Gasteiger charge is -2.18. The Labute approximate surface area is 144 Å². The fourth-order valence-electron chi connectivity index (χ4n) is 2.52. The third-order valence-corrected chi connectivity index (χ3v) is 3.86. The van der Waals surface area contributed by atoms with Crippen LogP contribution in [0.1, 0.15) is 24.0 Å². The van der Waals surface area contributed by atoms with Gasteiger partial charge < -0.3 is 10.4 Å². The summed E-state index contributed by atoms with van der Waals surface area (Å²) in [7, 11) is 0. The molecular formula is C18H19FN2O4. The first kappa shape index (κ1) is 18.5. The summed E-state index contributed by atoms with van der Waals surface area (Å²) in [6, 6.07) is 13.0. The van der Waals surface area contributed by atoms with E-state index in [1.54, 1.807) is 0 Å². The van der Waals surface area contributed by atoms with E-state index in [2.05, 4.69) is 5.32 Å². The van der Waals surface area contributed by atoms with Crippen LogP contribution in [0.5, 0.6) is 0 Å². The largest absolute Gasteiger partial charge is 0.481 e. The van der Waals surface area contributed by atoms with E-state index < -0.39 is 16.7 Å². The average Bonchev–Trinajstić information content (AvgIpc) is 2.58. The van der Waals surface area contributed by atoms with Crippen molar-refractivity contribution in [1.82, 2.24) is 5.32 Å². The van der Waals surface area contributed by atoms with E-state index >= 15 is 0 Å². The highest BCUT2D eigenvalue weighted by molar-refractivity contribution is 5.66. The SMILES string of the molecule is O=C(O)CCC(Cc1ccccc1)NCc1ccc([N+](=O)[O-])cc1F. The van der Waals surface area contributed by atoms with Crippen LogP contribution in [-0.2, 0) is 17.8 Å². The van der Waals surface area contributed by atoms with Crippen LogP contribution in [-0.4, -0.2) is 22.0 Å². The van der Waals surface area contributed by atoms with Crippen LogP contribution in [0.3, 0.4) is 0 Å². The molecule has 0 spiro atoms. The number of carboxylic acid groups (broad SMARTS) is 1. The molecule has 0 aromatic heterocycles. The van der Waals surface area contributed by atoms with E-state index in [-0.39, 0.29) is 24.7 Å². The maximum Gasteiger partial charge on any atom is 0.303 e. The van der Waals surface area contributed by atoms with Gasteiger partial charge in [0.05, 0.1) is 11.0 Å². The molecule has 2 N–H and O–H groups in total. The first-order valence-electron chi connectivity index (χ1n) is 7.87. The number of benzene rings is 2. The van der Waals surface area contributed by atoms with Gasteiger partial charge in [-0.1, -0.05) is 30.3 Å². The molecule has 0 amide bonds. The van der Waals surface area contributed by atoms with Crippen LogP contribution in [0.25, 0.3) is 0 Å². The lowest BCUT2D eigenvalue weighted by atomic mass is 10.0. The summed E-state index contributed by atoms with van der Waals surface area (Å²) < 4.78 is 14.0. The number of carbonyl (C=O) groups is 1. The number of non-ortho nitro benzene ring substituents is 1. The monoisotopic (exact) mass is 346 g/mol. The Morgan fingerprint density at radius 3 is 2.56 bits per heavy atom. The average molecular weight is 346 g/mol. The highest BCUT2D eigenvalue weighted by Gasteiger charge is 2.14. The molecule has 7 heteroatoms. The topological polar surface area (TPSA) is 92.5 Å². The molecule has 0 saturated heterocycles. The fourth-order valence-corrected chi connectivity index (χ4v) is 2.52. The third-order valence-electron chi connectivity index (χ3n) is 3.86.